The van der Waals surface area contributed by atoms with Gasteiger partial charge in [-0.3, -0.25) is 14.2 Å². The maximum absolute atomic E-state index is 12.6. The highest BCUT2D eigenvalue weighted by Gasteiger charge is 2.30. The normalized spacial score (nSPS) is 19.2. The van der Waals surface area contributed by atoms with Gasteiger partial charge in [-0.25, -0.2) is 4.79 Å². The molecule has 1 aromatic carbocycles. The molecule has 0 radical (unpaired) electrons. The van der Waals surface area contributed by atoms with Crippen LogP contribution in [0.1, 0.15) is 38.5 Å². The second-order valence-corrected chi connectivity index (χ2v) is 8.06. The van der Waals surface area contributed by atoms with Crippen LogP contribution in [0.15, 0.2) is 33.9 Å². The Morgan fingerprint density at radius 1 is 1.07 bits per heavy atom. The maximum atomic E-state index is 12.6. The topological polar surface area (TPSA) is 79.6 Å². The first kappa shape index (κ1) is 18.9. The van der Waals surface area contributed by atoms with Crippen molar-refractivity contribution in [2.24, 2.45) is 0 Å². The third kappa shape index (κ3) is 3.90. The molecular weight excluding hydrogens is 356 g/mol. The monoisotopic (exact) mass is 385 g/mol. The first-order valence-corrected chi connectivity index (χ1v) is 10.5. The number of para-hydroxylation sites is 1. The Balaban J connectivity index is 1.36. The smallest absolute Gasteiger partial charge is 0.328 e. The summed E-state index contributed by atoms with van der Waals surface area (Å²) >= 11 is 0. The molecule has 2 saturated heterocycles. The molecule has 0 bridgehead atoms. The summed E-state index contributed by atoms with van der Waals surface area (Å²) in [6.45, 7) is 4.24. The van der Waals surface area contributed by atoms with Crippen LogP contribution in [0.5, 0.6) is 0 Å². The molecule has 1 aromatic heterocycles. The van der Waals surface area contributed by atoms with Crippen molar-refractivity contribution in [3.63, 3.8) is 0 Å². The lowest BCUT2D eigenvalue weighted by atomic mass is 10.00. The van der Waals surface area contributed by atoms with Crippen molar-refractivity contribution in [2.75, 3.05) is 26.2 Å². The molecule has 2 aliphatic heterocycles. The summed E-state index contributed by atoms with van der Waals surface area (Å²) in [7, 11) is 0. The van der Waals surface area contributed by atoms with Crippen LogP contribution in [0.3, 0.4) is 0 Å². The summed E-state index contributed by atoms with van der Waals surface area (Å²) in [5.74, 6) is 0.0338. The Kier molecular flexibility index (Phi) is 5.62. The minimum atomic E-state index is -0.455. The summed E-state index contributed by atoms with van der Waals surface area (Å²) < 4.78 is 1.14. The van der Waals surface area contributed by atoms with Crippen LogP contribution in [0.25, 0.3) is 10.9 Å². The number of carbonyl (C=O) groups excluding carboxylic acids is 1. The number of piperidine rings is 2. The Hall–Kier alpha value is -2.41. The molecule has 2 aliphatic rings. The lowest BCUT2D eigenvalue weighted by Gasteiger charge is -2.37. The molecule has 0 spiro atoms. The second kappa shape index (κ2) is 8.31. The van der Waals surface area contributed by atoms with Crippen LogP contribution in [-0.4, -0.2) is 52.6 Å². The summed E-state index contributed by atoms with van der Waals surface area (Å²) in [6.07, 6.45) is 6.29. The summed E-state index contributed by atoms with van der Waals surface area (Å²) in [6, 6.07) is 7.63. The van der Waals surface area contributed by atoms with E-state index < -0.39 is 5.69 Å². The summed E-state index contributed by atoms with van der Waals surface area (Å²) in [5, 5.41) is 0.472. The zero-order chi connectivity index (χ0) is 19.5. The van der Waals surface area contributed by atoms with E-state index in [9.17, 15) is 14.4 Å². The zero-order valence-corrected chi connectivity index (χ0v) is 16.3. The first-order chi connectivity index (χ1) is 13.6. The minimum Gasteiger partial charge on any atom is -0.342 e. The number of hydrogen-bond donors (Lipinski definition) is 2. The van der Waals surface area contributed by atoms with E-state index >= 15 is 0 Å². The van der Waals surface area contributed by atoms with Gasteiger partial charge in [-0.2, -0.15) is 0 Å². The third-order valence-corrected chi connectivity index (χ3v) is 6.36. The van der Waals surface area contributed by atoms with Crippen molar-refractivity contribution in [3.05, 3.63) is 45.1 Å². The second-order valence-electron chi connectivity index (χ2n) is 8.06. The number of hydrogen-bond acceptors (Lipinski definition) is 3. The number of H-pyrrole nitrogens is 1. The third-order valence-electron chi connectivity index (χ3n) is 6.36. The maximum Gasteiger partial charge on any atom is 0.328 e. The lowest BCUT2D eigenvalue weighted by Crippen LogP contribution is -3.16. The van der Waals surface area contributed by atoms with Crippen molar-refractivity contribution in [1.29, 1.82) is 0 Å². The molecule has 150 valence electrons. The van der Waals surface area contributed by atoms with E-state index in [4.69, 9.17) is 0 Å². The molecular formula is C21H29N4O3+. The number of aromatic nitrogens is 2. The van der Waals surface area contributed by atoms with Crippen molar-refractivity contribution < 1.29 is 9.69 Å². The van der Waals surface area contributed by atoms with Gasteiger partial charge in [0.15, 0.2) is 0 Å². The van der Waals surface area contributed by atoms with Gasteiger partial charge in [-0.1, -0.05) is 12.1 Å². The van der Waals surface area contributed by atoms with Crippen molar-refractivity contribution in [2.45, 2.75) is 51.1 Å². The van der Waals surface area contributed by atoms with E-state index in [0.29, 0.717) is 16.9 Å². The molecule has 28 heavy (non-hydrogen) atoms. The van der Waals surface area contributed by atoms with Crippen LogP contribution in [-0.2, 0) is 11.3 Å². The zero-order valence-electron chi connectivity index (χ0n) is 16.3. The molecule has 7 nitrogen and oxygen atoms in total. The highest BCUT2D eigenvalue weighted by atomic mass is 16.2. The van der Waals surface area contributed by atoms with Crippen molar-refractivity contribution in [3.8, 4) is 0 Å². The van der Waals surface area contributed by atoms with Gasteiger partial charge in [0.05, 0.1) is 30.0 Å². The molecule has 2 aromatic rings. The van der Waals surface area contributed by atoms with Crippen LogP contribution in [0, 0.1) is 0 Å². The van der Waals surface area contributed by atoms with Gasteiger partial charge in [0.1, 0.15) is 0 Å². The Morgan fingerprint density at radius 2 is 1.79 bits per heavy atom. The van der Waals surface area contributed by atoms with Gasteiger partial charge < -0.3 is 14.8 Å². The molecule has 1 amide bonds. The highest BCUT2D eigenvalue weighted by Crippen LogP contribution is 2.11. The number of nitrogens with zero attached hydrogens (tertiary/aromatic N) is 2. The van der Waals surface area contributed by atoms with Gasteiger partial charge in [-0.05, 0) is 31.4 Å². The number of amides is 1. The van der Waals surface area contributed by atoms with E-state index in [1.807, 2.05) is 4.90 Å². The van der Waals surface area contributed by atoms with Gasteiger partial charge in [0.25, 0.3) is 5.56 Å². The van der Waals surface area contributed by atoms with Gasteiger partial charge in [0, 0.05) is 38.9 Å². The number of nitrogens with one attached hydrogen (secondary N) is 2. The highest BCUT2D eigenvalue weighted by molar-refractivity contribution is 5.77. The Morgan fingerprint density at radius 3 is 2.54 bits per heavy atom. The van der Waals surface area contributed by atoms with Crippen LogP contribution >= 0.6 is 0 Å². The molecule has 0 saturated carbocycles. The molecule has 0 aliphatic carbocycles. The van der Waals surface area contributed by atoms with Gasteiger partial charge >= 0.3 is 5.69 Å². The summed E-state index contributed by atoms with van der Waals surface area (Å²) in [5.41, 5.74) is -0.258. The largest absolute Gasteiger partial charge is 0.342 e. The number of fused-ring (bicyclic) bond motifs is 1. The lowest BCUT2D eigenvalue weighted by molar-refractivity contribution is -0.931. The molecule has 2 fully saturated rings. The van der Waals surface area contributed by atoms with E-state index in [1.165, 1.54) is 32.4 Å². The molecule has 0 atom stereocenters. The van der Waals surface area contributed by atoms with E-state index in [2.05, 4.69) is 4.98 Å². The number of aromatic amines is 1. The predicted molar refractivity (Wildman–Crippen MR) is 108 cm³/mol. The number of benzene rings is 1. The predicted octanol–water partition coefficient (Wildman–Crippen LogP) is 0.140. The average Bonchev–Trinajstić information content (AvgIpc) is 2.74. The fourth-order valence-electron chi connectivity index (χ4n) is 4.72. The fraction of sp³-hybridized carbons (Fsp3) is 0.571. The van der Waals surface area contributed by atoms with E-state index in [-0.39, 0.29) is 24.4 Å². The van der Waals surface area contributed by atoms with Crippen LogP contribution < -0.4 is 16.1 Å². The minimum absolute atomic E-state index is 0.0338. The first-order valence-electron chi connectivity index (χ1n) is 10.5. The summed E-state index contributed by atoms with van der Waals surface area (Å²) in [4.78, 5) is 43.8. The van der Waals surface area contributed by atoms with Crippen molar-refractivity contribution in [1.82, 2.24) is 14.5 Å². The SMILES string of the molecule is O=C(CCn1c(=O)[nH]c2ccccc2c1=O)N1CCC([NH+]2CCCCC2)CC1. The number of carbonyl (C=O) groups is 1. The van der Waals surface area contributed by atoms with Crippen LogP contribution in [0.4, 0.5) is 0 Å². The molecule has 4 rings (SSSR count). The average molecular weight is 385 g/mol. The van der Waals surface area contributed by atoms with E-state index in [1.54, 1.807) is 29.2 Å². The standard InChI is InChI=1S/C21H28N4O3/c26-19(24-13-8-16(9-14-24)23-11-4-1-5-12-23)10-15-25-20(27)17-6-2-3-7-18(17)22-21(25)28/h2-3,6-7,16H,1,4-5,8-15H2,(H,22,28)/p+1. The molecule has 7 heteroatoms. The number of rotatable bonds is 4. The van der Waals surface area contributed by atoms with Crippen LogP contribution in [0.2, 0.25) is 0 Å². The Bertz CT molecular complexity index is 950. The molecule has 0 unspecified atom stereocenters. The quantitative estimate of drug-likeness (QED) is 0.786. The van der Waals surface area contributed by atoms with Gasteiger partial charge in [0.2, 0.25) is 5.91 Å². The van der Waals surface area contributed by atoms with Crippen molar-refractivity contribution >= 4 is 16.8 Å². The Labute approximate surface area is 163 Å². The van der Waals surface area contributed by atoms with E-state index in [0.717, 1.165) is 30.5 Å². The molecule has 2 N–H and O–H groups in total. The van der Waals surface area contributed by atoms with Gasteiger partial charge in [-0.15, -0.1) is 0 Å². The molecule has 3 heterocycles. The number of likely N-dealkylation sites (tertiary alicyclic amines) is 2. The fourth-order valence-corrected chi connectivity index (χ4v) is 4.72. The number of quaternary nitrogens is 1.